The Labute approximate surface area is 174 Å². The van der Waals surface area contributed by atoms with Gasteiger partial charge in [0, 0.05) is 24.9 Å². The summed E-state index contributed by atoms with van der Waals surface area (Å²) in [5.41, 5.74) is 4.59. The number of nitrogens with zero attached hydrogens (tertiary/aromatic N) is 1. The molecule has 0 atom stereocenters. The smallest absolute Gasteiger partial charge is 0.407 e. The van der Waals surface area contributed by atoms with Crippen molar-refractivity contribution in [1.82, 2.24) is 10.2 Å². The molecular formula is C23H24N2O5. The van der Waals surface area contributed by atoms with Crippen molar-refractivity contribution in [2.75, 3.05) is 19.7 Å². The summed E-state index contributed by atoms with van der Waals surface area (Å²) < 4.78 is 5.44. The number of carbonyl (C=O) groups is 3. The van der Waals surface area contributed by atoms with Crippen molar-refractivity contribution >= 4 is 18.0 Å². The van der Waals surface area contributed by atoms with E-state index in [-0.39, 0.29) is 44.0 Å². The summed E-state index contributed by atoms with van der Waals surface area (Å²) >= 11 is 0. The molecule has 4 rings (SSSR count). The molecule has 0 bridgehead atoms. The normalized spacial score (nSPS) is 14.5. The topological polar surface area (TPSA) is 95.9 Å². The third kappa shape index (κ3) is 4.30. The van der Waals surface area contributed by atoms with E-state index in [0.29, 0.717) is 0 Å². The lowest BCUT2D eigenvalue weighted by atomic mass is 9.98. The molecule has 0 aromatic heterocycles. The number of carboxylic acids is 1. The van der Waals surface area contributed by atoms with Crippen LogP contribution in [-0.2, 0) is 14.3 Å². The fourth-order valence-electron chi connectivity index (χ4n) is 4.02. The third-order valence-corrected chi connectivity index (χ3v) is 5.57. The van der Waals surface area contributed by atoms with Crippen LogP contribution in [0.15, 0.2) is 48.5 Å². The first-order valence-corrected chi connectivity index (χ1v) is 10.1. The van der Waals surface area contributed by atoms with E-state index < -0.39 is 12.1 Å². The molecule has 1 saturated carbocycles. The molecule has 156 valence electrons. The van der Waals surface area contributed by atoms with Crippen molar-refractivity contribution in [2.45, 2.75) is 31.2 Å². The number of benzene rings is 2. The number of nitrogens with one attached hydrogen (secondary N) is 1. The molecular weight excluding hydrogens is 384 g/mol. The Morgan fingerprint density at radius 1 is 1.00 bits per heavy atom. The molecule has 0 heterocycles. The number of amides is 2. The molecule has 0 radical (unpaired) electrons. The van der Waals surface area contributed by atoms with Crippen LogP contribution in [0.1, 0.15) is 36.3 Å². The standard InChI is InChI=1S/C23H24N2O5/c26-21(25(13-22(27)28)15-9-10-15)11-12-24-23(29)30-14-20-18-7-3-1-5-16(18)17-6-2-4-8-19(17)20/h1-8,15,20H,9-14H2,(H,24,29)(H,27,28). The third-order valence-electron chi connectivity index (χ3n) is 5.57. The molecule has 2 aromatic rings. The van der Waals surface area contributed by atoms with Gasteiger partial charge in [0.1, 0.15) is 13.2 Å². The Morgan fingerprint density at radius 3 is 2.17 bits per heavy atom. The fourth-order valence-corrected chi connectivity index (χ4v) is 4.02. The Balaban J connectivity index is 1.28. The van der Waals surface area contributed by atoms with E-state index in [4.69, 9.17) is 9.84 Å². The van der Waals surface area contributed by atoms with Crippen LogP contribution in [-0.4, -0.2) is 53.7 Å². The molecule has 2 aromatic carbocycles. The highest BCUT2D eigenvalue weighted by Gasteiger charge is 2.33. The molecule has 0 unspecified atom stereocenters. The average molecular weight is 408 g/mol. The Bertz CT molecular complexity index is 924. The van der Waals surface area contributed by atoms with Crippen molar-refractivity contribution < 1.29 is 24.2 Å². The molecule has 30 heavy (non-hydrogen) atoms. The van der Waals surface area contributed by atoms with Gasteiger partial charge in [0.2, 0.25) is 5.91 Å². The van der Waals surface area contributed by atoms with Gasteiger partial charge in [0.25, 0.3) is 0 Å². The molecule has 1 fully saturated rings. The van der Waals surface area contributed by atoms with E-state index in [1.807, 2.05) is 24.3 Å². The monoisotopic (exact) mass is 408 g/mol. The van der Waals surface area contributed by atoms with Gasteiger partial charge in [0.05, 0.1) is 0 Å². The Morgan fingerprint density at radius 2 is 1.60 bits per heavy atom. The molecule has 7 heteroatoms. The summed E-state index contributed by atoms with van der Waals surface area (Å²) in [4.78, 5) is 36.7. The Hall–Kier alpha value is -3.35. The highest BCUT2D eigenvalue weighted by atomic mass is 16.5. The minimum Gasteiger partial charge on any atom is -0.480 e. The highest BCUT2D eigenvalue weighted by molar-refractivity contribution is 5.82. The predicted molar refractivity (Wildman–Crippen MR) is 110 cm³/mol. The van der Waals surface area contributed by atoms with Gasteiger partial charge in [-0.3, -0.25) is 9.59 Å². The molecule has 0 saturated heterocycles. The van der Waals surface area contributed by atoms with E-state index in [9.17, 15) is 14.4 Å². The van der Waals surface area contributed by atoms with Gasteiger partial charge >= 0.3 is 12.1 Å². The molecule has 2 aliphatic carbocycles. The second-order valence-corrected chi connectivity index (χ2v) is 7.65. The summed E-state index contributed by atoms with van der Waals surface area (Å²) in [6.45, 7) is 0.0216. The van der Waals surface area contributed by atoms with Crippen molar-refractivity contribution in [3.63, 3.8) is 0 Å². The highest BCUT2D eigenvalue weighted by Crippen LogP contribution is 2.44. The first-order chi connectivity index (χ1) is 14.5. The summed E-state index contributed by atoms with van der Waals surface area (Å²) in [7, 11) is 0. The maximum atomic E-state index is 12.3. The van der Waals surface area contributed by atoms with Gasteiger partial charge in [-0.1, -0.05) is 48.5 Å². The molecule has 2 aliphatic rings. The van der Waals surface area contributed by atoms with E-state index in [2.05, 4.69) is 29.6 Å². The van der Waals surface area contributed by atoms with Crippen molar-refractivity contribution in [1.29, 1.82) is 0 Å². The second-order valence-electron chi connectivity index (χ2n) is 7.65. The first kappa shape index (κ1) is 19.9. The van der Waals surface area contributed by atoms with Gasteiger partial charge in [-0.2, -0.15) is 0 Å². The summed E-state index contributed by atoms with van der Waals surface area (Å²) in [6, 6.07) is 16.2. The SMILES string of the molecule is O=C(O)CN(C(=O)CCNC(=O)OCC1c2ccccc2-c2ccccc21)C1CC1. The van der Waals surface area contributed by atoms with Gasteiger partial charge in [0.15, 0.2) is 0 Å². The number of aliphatic carboxylic acids is 1. The summed E-state index contributed by atoms with van der Waals surface area (Å²) in [5, 5.41) is 11.5. The van der Waals surface area contributed by atoms with Crippen molar-refractivity contribution in [3.05, 3.63) is 59.7 Å². The van der Waals surface area contributed by atoms with E-state index in [0.717, 1.165) is 35.1 Å². The van der Waals surface area contributed by atoms with Gasteiger partial charge in [-0.25, -0.2) is 4.79 Å². The van der Waals surface area contributed by atoms with Gasteiger partial charge < -0.3 is 20.1 Å². The number of hydrogen-bond donors (Lipinski definition) is 2. The van der Waals surface area contributed by atoms with Crippen LogP contribution in [0, 0.1) is 0 Å². The number of rotatable bonds is 8. The maximum Gasteiger partial charge on any atom is 0.407 e. The largest absolute Gasteiger partial charge is 0.480 e. The molecule has 2 N–H and O–H groups in total. The van der Waals surface area contributed by atoms with Gasteiger partial charge in [-0.15, -0.1) is 0 Å². The number of carboxylic acid groups (broad SMARTS) is 1. The van der Waals surface area contributed by atoms with Crippen LogP contribution < -0.4 is 5.32 Å². The quantitative estimate of drug-likeness (QED) is 0.700. The minimum atomic E-state index is -1.03. The maximum absolute atomic E-state index is 12.3. The zero-order valence-electron chi connectivity index (χ0n) is 16.5. The Kier molecular flexibility index (Phi) is 5.70. The first-order valence-electron chi connectivity index (χ1n) is 10.1. The zero-order chi connectivity index (χ0) is 21.1. The van der Waals surface area contributed by atoms with Crippen LogP contribution >= 0.6 is 0 Å². The second kappa shape index (κ2) is 8.57. The van der Waals surface area contributed by atoms with Crippen LogP contribution in [0.25, 0.3) is 11.1 Å². The van der Waals surface area contributed by atoms with Crippen LogP contribution in [0.5, 0.6) is 0 Å². The van der Waals surface area contributed by atoms with Gasteiger partial charge in [-0.05, 0) is 35.1 Å². The van der Waals surface area contributed by atoms with Crippen LogP contribution in [0.2, 0.25) is 0 Å². The summed E-state index contributed by atoms with van der Waals surface area (Å²) in [6.07, 6.45) is 1.13. The number of carbonyl (C=O) groups excluding carboxylic acids is 2. The molecule has 0 aliphatic heterocycles. The lowest BCUT2D eigenvalue weighted by Gasteiger charge is -2.20. The molecule has 0 spiro atoms. The van der Waals surface area contributed by atoms with E-state index in [1.165, 1.54) is 4.90 Å². The van der Waals surface area contributed by atoms with Crippen LogP contribution in [0.3, 0.4) is 0 Å². The number of ether oxygens (including phenoxy) is 1. The number of fused-ring (bicyclic) bond motifs is 3. The van der Waals surface area contributed by atoms with Crippen LogP contribution in [0.4, 0.5) is 4.79 Å². The van der Waals surface area contributed by atoms with E-state index >= 15 is 0 Å². The van der Waals surface area contributed by atoms with Crippen molar-refractivity contribution in [2.24, 2.45) is 0 Å². The lowest BCUT2D eigenvalue weighted by molar-refractivity contribution is -0.144. The number of alkyl carbamates (subject to hydrolysis) is 1. The zero-order valence-corrected chi connectivity index (χ0v) is 16.5. The predicted octanol–water partition coefficient (Wildman–Crippen LogP) is 2.99. The molecule has 2 amide bonds. The summed E-state index contributed by atoms with van der Waals surface area (Å²) in [5.74, 6) is -1.32. The van der Waals surface area contributed by atoms with E-state index in [1.54, 1.807) is 0 Å². The number of hydrogen-bond acceptors (Lipinski definition) is 4. The minimum absolute atomic E-state index is 0.0167. The fraction of sp³-hybridized carbons (Fsp3) is 0.348. The lowest BCUT2D eigenvalue weighted by Crippen LogP contribution is -2.39. The molecule has 7 nitrogen and oxygen atoms in total. The average Bonchev–Trinajstić information content (AvgIpc) is 3.53. The van der Waals surface area contributed by atoms with Crippen molar-refractivity contribution in [3.8, 4) is 11.1 Å².